The molecule has 2 amide bonds. The lowest BCUT2D eigenvalue weighted by atomic mass is 10.1. The maximum absolute atomic E-state index is 11.5. The zero-order chi connectivity index (χ0) is 12.8. The molecule has 1 rings (SSSR count). The van der Waals surface area contributed by atoms with Gasteiger partial charge in [-0.15, -0.1) is 0 Å². The van der Waals surface area contributed by atoms with Gasteiger partial charge in [-0.1, -0.05) is 19.4 Å². The summed E-state index contributed by atoms with van der Waals surface area (Å²) in [6.07, 6.45) is 3.38. The van der Waals surface area contributed by atoms with Crippen LogP contribution in [0.1, 0.15) is 26.3 Å². The highest BCUT2D eigenvalue weighted by atomic mass is 16.2. The molecule has 1 aromatic rings. The maximum Gasteiger partial charge on any atom is 0.324 e. The normalized spacial score (nSPS) is 11.5. The number of amides is 2. The minimum atomic E-state index is -0.275. The molecule has 0 aliphatic rings. The first kappa shape index (κ1) is 13.2. The SMILES string of the molecule is C/C(=C\NC(=O)Nc1cc(C)ccn1)C(C)C. The largest absolute Gasteiger partial charge is 0.324 e. The lowest BCUT2D eigenvalue weighted by molar-refractivity contribution is 0.255. The molecule has 1 aromatic heterocycles. The number of carbonyl (C=O) groups excluding carboxylic acids is 1. The summed E-state index contributed by atoms with van der Waals surface area (Å²) in [6.45, 7) is 8.09. The number of urea groups is 1. The van der Waals surface area contributed by atoms with Crippen LogP contribution in [0.3, 0.4) is 0 Å². The van der Waals surface area contributed by atoms with Crippen molar-refractivity contribution in [1.82, 2.24) is 10.3 Å². The third-order valence-electron chi connectivity index (χ3n) is 2.50. The molecule has 92 valence electrons. The van der Waals surface area contributed by atoms with Gasteiger partial charge in [-0.25, -0.2) is 9.78 Å². The molecule has 0 saturated heterocycles. The van der Waals surface area contributed by atoms with Crippen LogP contribution < -0.4 is 10.6 Å². The Kier molecular flexibility index (Phi) is 4.69. The Morgan fingerprint density at radius 2 is 2.18 bits per heavy atom. The van der Waals surface area contributed by atoms with Crippen LogP contribution in [0.15, 0.2) is 30.1 Å². The van der Waals surface area contributed by atoms with E-state index in [0.29, 0.717) is 11.7 Å². The van der Waals surface area contributed by atoms with Gasteiger partial charge in [-0.2, -0.15) is 0 Å². The molecular weight excluding hydrogens is 214 g/mol. The van der Waals surface area contributed by atoms with Gasteiger partial charge in [-0.3, -0.25) is 5.32 Å². The van der Waals surface area contributed by atoms with E-state index in [2.05, 4.69) is 29.5 Å². The second kappa shape index (κ2) is 6.03. The third-order valence-corrected chi connectivity index (χ3v) is 2.50. The second-order valence-electron chi connectivity index (χ2n) is 4.36. The number of anilines is 1. The molecule has 1 heterocycles. The van der Waals surface area contributed by atoms with Crippen molar-refractivity contribution >= 4 is 11.8 Å². The number of carbonyl (C=O) groups is 1. The van der Waals surface area contributed by atoms with Gasteiger partial charge in [0.15, 0.2) is 0 Å². The summed E-state index contributed by atoms with van der Waals surface area (Å²) in [5, 5.41) is 5.35. The van der Waals surface area contributed by atoms with E-state index in [0.717, 1.165) is 11.1 Å². The number of aryl methyl sites for hydroxylation is 1. The van der Waals surface area contributed by atoms with Crippen molar-refractivity contribution < 1.29 is 4.79 Å². The number of aromatic nitrogens is 1. The minimum absolute atomic E-state index is 0.275. The molecular formula is C13H19N3O. The van der Waals surface area contributed by atoms with Gasteiger partial charge in [-0.05, 0) is 37.5 Å². The standard InChI is InChI=1S/C13H19N3O/c1-9(2)11(4)8-15-13(17)16-12-7-10(3)5-6-14-12/h5-9H,1-4H3,(H2,14,15,16,17)/b11-8+. The van der Waals surface area contributed by atoms with Crippen LogP contribution in [0.2, 0.25) is 0 Å². The fourth-order valence-corrected chi connectivity index (χ4v) is 1.10. The van der Waals surface area contributed by atoms with Crippen molar-refractivity contribution in [3.8, 4) is 0 Å². The monoisotopic (exact) mass is 233 g/mol. The molecule has 17 heavy (non-hydrogen) atoms. The van der Waals surface area contributed by atoms with E-state index < -0.39 is 0 Å². The molecule has 0 saturated carbocycles. The Bertz CT molecular complexity index is 424. The molecule has 0 aliphatic carbocycles. The Labute approximate surface area is 102 Å². The van der Waals surface area contributed by atoms with E-state index >= 15 is 0 Å². The number of pyridine rings is 1. The minimum Gasteiger partial charge on any atom is -0.314 e. The molecule has 0 bridgehead atoms. The summed E-state index contributed by atoms with van der Waals surface area (Å²) in [7, 11) is 0. The fraction of sp³-hybridized carbons (Fsp3) is 0.385. The molecule has 2 N–H and O–H groups in total. The average molecular weight is 233 g/mol. The van der Waals surface area contributed by atoms with Gasteiger partial charge in [0.25, 0.3) is 0 Å². The Balaban J connectivity index is 2.53. The molecule has 0 unspecified atom stereocenters. The molecule has 0 aromatic carbocycles. The van der Waals surface area contributed by atoms with Crippen molar-refractivity contribution in [2.45, 2.75) is 27.7 Å². The molecule has 0 spiro atoms. The van der Waals surface area contributed by atoms with Gasteiger partial charge in [0, 0.05) is 12.4 Å². The summed E-state index contributed by atoms with van der Waals surface area (Å²) in [6, 6.07) is 3.42. The van der Waals surface area contributed by atoms with Crippen LogP contribution >= 0.6 is 0 Å². The van der Waals surface area contributed by atoms with E-state index in [4.69, 9.17) is 0 Å². The van der Waals surface area contributed by atoms with Crippen molar-refractivity contribution in [3.05, 3.63) is 35.7 Å². The number of allylic oxidation sites excluding steroid dienone is 1. The maximum atomic E-state index is 11.5. The summed E-state index contributed by atoms with van der Waals surface area (Å²) in [5.41, 5.74) is 2.18. The first-order valence-corrected chi connectivity index (χ1v) is 5.66. The van der Waals surface area contributed by atoms with Crippen LogP contribution in [0.25, 0.3) is 0 Å². The van der Waals surface area contributed by atoms with Crippen LogP contribution in [-0.4, -0.2) is 11.0 Å². The highest BCUT2D eigenvalue weighted by Crippen LogP contribution is 2.07. The van der Waals surface area contributed by atoms with Crippen molar-refractivity contribution in [2.75, 3.05) is 5.32 Å². The first-order chi connectivity index (χ1) is 7.99. The zero-order valence-corrected chi connectivity index (χ0v) is 10.7. The summed E-state index contributed by atoms with van der Waals surface area (Å²) >= 11 is 0. The predicted molar refractivity (Wildman–Crippen MR) is 69.7 cm³/mol. The van der Waals surface area contributed by atoms with Crippen LogP contribution in [0.5, 0.6) is 0 Å². The van der Waals surface area contributed by atoms with Gasteiger partial charge in [0.05, 0.1) is 0 Å². The van der Waals surface area contributed by atoms with Crippen molar-refractivity contribution in [2.24, 2.45) is 5.92 Å². The van der Waals surface area contributed by atoms with E-state index in [9.17, 15) is 4.79 Å². The van der Waals surface area contributed by atoms with E-state index in [1.54, 1.807) is 12.4 Å². The zero-order valence-electron chi connectivity index (χ0n) is 10.7. The second-order valence-corrected chi connectivity index (χ2v) is 4.36. The number of hydrogen-bond donors (Lipinski definition) is 2. The van der Waals surface area contributed by atoms with E-state index in [1.165, 1.54) is 0 Å². The topological polar surface area (TPSA) is 54.0 Å². The summed E-state index contributed by atoms with van der Waals surface area (Å²) in [5.74, 6) is 0.977. The van der Waals surface area contributed by atoms with Gasteiger partial charge in [0.2, 0.25) is 0 Å². The van der Waals surface area contributed by atoms with E-state index in [1.807, 2.05) is 26.0 Å². The summed E-state index contributed by atoms with van der Waals surface area (Å²) in [4.78, 5) is 15.6. The summed E-state index contributed by atoms with van der Waals surface area (Å²) < 4.78 is 0. The molecule has 0 radical (unpaired) electrons. The Morgan fingerprint density at radius 3 is 2.76 bits per heavy atom. The van der Waals surface area contributed by atoms with Crippen LogP contribution in [-0.2, 0) is 0 Å². The number of nitrogens with zero attached hydrogens (tertiary/aromatic N) is 1. The van der Waals surface area contributed by atoms with Gasteiger partial charge in [0.1, 0.15) is 5.82 Å². The van der Waals surface area contributed by atoms with Gasteiger partial charge >= 0.3 is 6.03 Å². The average Bonchev–Trinajstić information content (AvgIpc) is 2.25. The molecule has 0 fully saturated rings. The third kappa shape index (κ3) is 4.68. The molecule has 0 aliphatic heterocycles. The number of hydrogen-bond acceptors (Lipinski definition) is 2. The smallest absolute Gasteiger partial charge is 0.314 e. The van der Waals surface area contributed by atoms with E-state index in [-0.39, 0.29) is 6.03 Å². The highest BCUT2D eigenvalue weighted by Gasteiger charge is 2.01. The Hall–Kier alpha value is -1.84. The van der Waals surface area contributed by atoms with Crippen LogP contribution in [0.4, 0.5) is 10.6 Å². The van der Waals surface area contributed by atoms with Gasteiger partial charge < -0.3 is 5.32 Å². The van der Waals surface area contributed by atoms with Crippen molar-refractivity contribution in [3.63, 3.8) is 0 Å². The lowest BCUT2D eigenvalue weighted by Crippen LogP contribution is -2.25. The van der Waals surface area contributed by atoms with Crippen LogP contribution in [0, 0.1) is 12.8 Å². The number of rotatable bonds is 3. The molecule has 4 heteroatoms. The molecule has 4 nitrogen and oxygen atoms in total. The Morgan fingerprint density at radius 1 is 1.47 bits per heavy atom. The first-order valence-electron chi connectivity index (χ1n) is 5.66. The van der Waals surface area contributed by atoms with Crippen molar-refractivity contribution in [1.29, 1.82) is 0 Å². The molecule has 0 atom stereocenters. The lowest BCUT2D eigenvalue weighted by Gasteiger charge is -2.07. The predicted octanol–water partition coefficient (Wildman–Crippen LogP) is 3.07. The number of nitrogens with one attached hydrogen (secondary N) is 2. The highest BCUT2D eigenvalue weighted by molar-refractivity contribution is 5.88. The fourth-order valence-electron chi connectivity index (χ4n) is 1.10. The quantitative estimate of drug-likeness (QED) is 0.843.